The Hall–Kier alpha value is -1.76. The first-order chi connectivity index (χ1) is 10.1. The summed E-state index contributed by atoms with van der Waals surface area (Å²) in [4.78, 5) is 11.9. The molecule has 7 heteroatoms. The number of amides is 1. The van der Waals surface area contributed by atoms with Crippen LogP contribution in [0.5, 0.6) is 5.75 Å². The van der Waals surface area contributed by atoms with Gasteiger partial charge in [0.05, 0.1) is 12.5 Å². The van der Waals surface area contributed by atoms with Crippen LogP contribution in [0.1, 0.15) is 18.4 Å². The highest BCUT2D eigenvalue weighted by Gasteiger charge is 2.22. The molecule has 1 aliphatic heterocycles. The molecule has 0 radical (unpaired) electrons. The van der Waals surface area contributed by atoms with Gasteiger partial charge in [-0.05, 0) is 25.0 Å². The van der Waals surface area contributed by atoms with E-state index < -0.39 is 12.4 Å². The van der Waals surface area contributed by atoms with Crippen LogP contribution < -0.4 is 10.1 Å². The summed E-state index contributed by atoms with van der Waals surface area (Å²) >= 11 is 0. The Morgan fingerprint density at radius 2 is 2.29 bits per heavy atom. The monoisotopic (exact) mass is 303 g/mol. The number of halogens is 3. The molecule has 4 nitrogen and oxygen atoms in total. The lowest BCUT2D eigenvalue weighted by Crippen LogP contribution is -2.35. The minimum atomic E-state index is -3.05. The Balaban J connectivity index is 2.00. The maximum atomic E-state index is 13.7. The van der Waals surface area contributed by atoms with E-state index in [1.165, 1.54) is 12.1 Å². The quantitative estimate of drug-likeness (QED) is 0.909. The van der Waals surface area contributed by atoms with E-state index in [-0.39, 0.29) is 29.7 Å². The van der Waals surface area contributed by atoms with E-state index in [1.54, 1.807) is 0 Å². The molecule has 1 aromatic rings. The summed E-state index contributed by atoms with van der Waals surface area (Å²) in [5.74, 6) is -1.54. The molecule has 1 amide bonds. The van der Waals surface area contributed by atoms with E-state index in [1.807, 2.05) is 0 Å². The molecule has 0 saturated carbocycles. The molecular weight excluding hydrogens is 287 g/mol. The van der Waals surface area contributed by atoms with Crippen molar-refractivity contribution in [1.29, 1.82) is 0 Å². The molecular formula is C14H16F3NO3. The molecule has 0 aromatic heterocycles. The molecule has 1 saturated heterocycles. The second-order valence-electron chi connectivity index (χ2n) is 4.73. The zero-order valence-electron chi connectivity index (χ0n) is 11.3. The van der Waals surface area contributed by atoms with Gasteiger partial charge in [-0.15, -0.1) is 0 Å². The predicted molar refractivity (Wildman–Crippen MR) is 68.4 cm³/mol. The lowest BCUT2D eigenvalue weighted by Gasteiger charge is -2.21. The van der Waals surface area contributed by atoms with Crippen LogP contribution in [0.2, 0.25) is 0 Å². The third-order valence-electron chi connectivity index (χ3n) is 3.26. The van der Waals surface area contributed by atoms with E-state index in [2.05, 4.69) is 10.1 Å². The third-order valence-corrected chi connectivity index (χ3v) is 3.26. The SMILES string of the molecule is O=C(NCc1c(F)cccc1OC(F)F)C1CCCOC1. The lowest BCUT2D eigenvalue weighted by atomic mass is 10.0. The Bertz CT molecular complexity index is 490. The van der Waals surface area contributed by atoms with Gasteiger partial charge in [0.1, 0.15) is 11.6 Å². The number of nitrogens with one attached hydrogen (secondary N) is 1. The molecule has 21 heavy (non-hydrogen) atoms. The van der Waals surface area contributed by atoms with Gasteiger partial charge in [-0.3, -0.25) is 4.79 Å². The average molecular weight is 303 g/mol. The summed E-state index contributed by atoms with van der Waals surface area (Å²) in [5.41, 5.74) is -0.0946. The molecule has 1 N–H and O–H groups in total. The van der Waals surface area contributed by atoms with Crippen LogP contribution in [0.3, 0.4) is 0 Å². The van der Waals surface area contributed by atoms with Gasteiger partial charge in [0.2, 0.25) is 5.91 Å². The smallest absolute Gasteiger partial charge is 0.387 e. The summed E-state index contributed by atoms with van der Waals surface area (Å²) in [6.45, 7) is -2.30. The van der Waals surface area contributed by atoms with Crippen molar-refractivity contribution in [3.63, 3.8) is 0 Å². The maximum Gasteiger partial charge on any atom is 0.387 e. The predicted octanol–water partition coefficient (Wildman–Crippen LogP) is 2.47. The summed E-state index contributed by atoms with van der Waals surface area (Å²) in [5, 5.41) is 2.54. The molecule has 1 heterocycles. The second-order valence-corrected chi connectivity index (χ2v) is 4.73. The number of hydrogen-bond donors (Lipinski definition) is 1. The van der Waals surface area contributed by atoms with Crippen molar-refractivity contribution in [2.24, 2.45) is 5.92 Å². The Morgan fingerprint density at radius 1 is 1.48 bits per heavy atom. The fourth-order valence-corrected chi connectivity index (χ4v) is 2.18. The number of ether oxygens (including phenoxy) is 2. The Morgan fingerprint density at radius 3 is 2.95 bits per heavy atom. The summed E-state index contributed by atoms with van der Waals surface area (Å²) < 4.78 is 47.7. The van der Waals surface area contributed by atoms with E-state index in [4.69, 9.17) is 4.74 Å². The number of rotatable bonds is 5. The van der Waals surface area contributed by atoms with Crippen LogP contribution in [0, 0.1) is 11.7 Å². The van der Waals surface area contributed by atoms with Crippen LogP contribution in [0.4, 0.5) is 13.2 Å². The molecule has 2 rings (SSSR count). The van der Waals surface area contributed by atoms with Crippen molar-refractivity contribution in [1.82, 2.24) is 5.32 Å². The van der Waals surface area contributed by atoms with Crippen molar-refractivity contribution in [2.45, 2.75) is 26.0 Å². The number of carbonyl (C=O) groups is 1. The second kappa shape index (κ2) is 7.31. The molecule has 1 fully saturated rings. The average Bonchev–Trinajstić information content (AvgIpc) is 2.46. The maximum absolute atomic E-state index is 13.7. The first kappa shape index (κ1) is 15.6. The van der Waals surface area contributed by atoms with E-state index in [9.17, 15) is 18.0 Å². The summed E-state index contributed by atoms with van der Waals surface area (Å²) in [6.07, 6.45) is 1.49. The topological polar surface area (TPSA) is 47.6 Å². The fourth-order valence-electron chi connectivity index (χ4n) is 2.18. The minimum absolute atomic E-state index is 0.0946. The van der Waals surface area contributed by atoms with E-state index in [0.717, 1.165) is 12.5 Å². The highest BCUT2D eigenvalue weighted by Crippen LogP contribution is 2.23. The highest BCUT2D eigenvalue weighted by molar-refractivity contribution is 5.78. The first-order valence-electron chi connectivity index (χ1n) is 6.65. The summed E-state index contributed by atoms with van der Waals surface area (Å²) in [7, 11) is 0. The van der Waals surface area contributed by atoms with Gasteiger partial charge in [-0.2, -0.15) is 8.78 Å². The van der Waals surface area contributed by atoms with Gasteiger partial charge in [0.15, 0.2) is 0 Å². The van der Waals surface area contributed by atoms with Gasteiger partial charge in [-0.1, -0.05) is 6.07 Å². The molecule has 1 atom stereocenters. The lowest BCUT2D eigenvalue weighted by molar-refractivity contribution is -0.129. The molecule has 0 spiro atoms. The van der Waals surface area contributed by atoms with Crippen molar-refractivity contribution >= 4 is 5.91 Å². The first-order valence-corrected chi connectivity index (χ1v) is 6.65. The van der Waals surface area contributed by atoms with Crippen LogP contribution in [-0.4, -0.2) is 25.7 Å². The Labute approximate surface area is 120 Å². The van der Waals surface area contributed by atoms with Crippen molar-refractivity contribution in [3.05, 3.63) is 29.6 Å². The molecule has 116 valence electrons. The standard InChI is InChI=1S/C14H16F3NO3/c15-11-4-1-5-12(21-14(16)17)10(11)7-18-13(19)9-3-2-6-20-8-9/h1,4-5,9,14H,2-3,6-8H2,(H,18,19). The van der Waals surface area contributed by atoms with Crippen LogP contribution in [-0.2, 0) is 16.1 Å². The normalized spacial score (nSPS) is 18.6. The van der Waals surface area contributed by atoms with Crippen molar-refractivity contribution in [2.75, 3.05) is 13.2 Å². The van der Waals surface area contributed by atoms with Gasteiger partial charge in [0, 0.05) is 18.7 Å². The third kappa shape index (κ3) is 4.35. The zero-order valence-corrected chi connectivity index (χ0v) is 11.3. The fraction of sp³-hybridized carbons (Fsp3) is 0.500. The van der Waals surface area contributed by atoms with Crippen LogP contribution in [0.25, 0.3) is 0 Å². The molecule has 1 unspecified atom stereocenters. The van der Waals surface area contributed by atoms with Crippen molar-refractivity contribution < 1.29 is 27.4 Å². The van der Waals surface area contributed by atoms with Crippen molar-refractivity contribution in [3.8, 4) is 5.75 Å². The largest absolute Gasteiger partial charge is 0.434 e. The van der Waals surface area contributed by atoms with Crippen LogP contribution >= 0.6 is 0 Å². The number of carbonyl (C=O) groups excluding carboxylic acids is 1. The molecule has 1 aromatic carbocycles. The molecule has 0 aliphatic carbocycles. The van der Waals surface area contributed by atoms with Gasteiger partial charge in [-0.25, -0.2) is 4.39 Å². The zero-order chi connectivity index (χ0) is 15.2. The van der Waals surface area contributed by atoms with Gasteiger partial charge >= 0.3 is 6.61 Å². The molecule has 0 bridgehead atoms. The van der Waals surface area contributed by atoms with Crippen LogP contribution in [0.15, 0.2) is 18.2 Å². The van der Waals surface area contributed by atoms with E-state index >= 15 is 0 Å². The number of alkyl halides is 2. The number of benzene rings is 1. The highest BCUT2D eigenvalue weighted by atomic mass is 19.3. The molecule has 1 aliphatic rings. The minimum Gasteiger partial charge on any atom is -0.434 e. The van der Waals surface area contributed by atoms with Gasteiger partial charge in [0.25, 0.3) is 0 Å². The Kier molecular flexibility index (Phi) is 5.44. The van der Waals surface area contributed by atoms with E-state index in [0.29, 0.717) is 19.6 Å². The summed E-state index contributed by atoms with van der Waals surface area (Å²) in [6, 6.07) is 3.64. The van der Waals surface area contributed by atoms with Gasteiger partial charge < -0.3 is 14.8 Å². The number of hydrogen-bond acceptors (Lipinski definition) is 3.